The number of hydrogen-bond donors (Lipinski definition) is 3. The van der Waals surface area contributed by atoms with E-state index in [1.807, 2.05) is 0 Å². The fourth-order valence-corrected chi connectivity index (χ4v) is 3.52. The highest BCUT2D eigenvalue weighted by Gasteiger charge is 2.45. The number of nitrogens with one attached hydrogen (secondary N) is 2. The zero-order chi connectivity index (χ0) is 17.1. The first-order chi connectivity index (χ1) is 10.8. The minimum atomic E-state index is -3.52. The van der Waals surface area contributed by atoms with Gasteiger partial charge in [-0.3, -0.25) is 4.79 Å². The second-order valence-electron chi connectivity index (χ2n) is 5.61. The van der Waals surface area contributed by atoms with Crippen molar-refractivity contribution < 1.29 is 23.1 Å². The summed E-state index contributed by atoms with van der Waals surface area (Å²) < 4.78 is 26.0. The van der Waals surface area contributed by atoms with Gasteiger partial charge in [0.15, 0.2) is 0 Å². The van der Waals surface area contributed by atoms with Gasteiger partial charge < -0.3 is 10.4 Å². The summed E-state index contributed by atoms with van der Waals surface area (Å²) in [5, 5.41) is 11.8. The first-order valence-corrected chi connectivity index (χ1v) is 8.90. The molecule has 1 aliphatic rings. The van der Waals surface area contributed by atoms with E-state index in [4.69, 9.17) is 0 Å². The van der Waals surface area contributed by atoms with Gasteiger partial charge in [-0.1, -0.05) is 19.1 Å². The average molecular weight is 340 g/mol. The number of carbonyl (C=O) groups is 2. The molecule has 126 valence electrons. The SMILES string of the molecule is CCNS(=O)(=O)c1ccc(CC(=O)NC2(C(=O)O)CCC2)cc1. The van der Waals surface area contributed by atoms with E-state index in [9.17, 15) is 23.1 Å². The Morgan fingerprint density at radius 2 is 1.83 bits per heavy atom. The lowest BCUT2D eigenvalue weighted by Crippen LogP contribution is -2.59. The van der Waals surface area contributed by atoms with E-state index in [0.29, 0.717) is 24.9 Å². The Balaban J connectivity index is 2.01. The molecule has 0 unspecified atom stereocenters. The van der Waals surface area contributed by atoms with Crippen LogP contribution in [0.15, 0.2) is 29.2 Å². The number of benzene rings is 1. The number of carboxylic acid groups (broad SMARTS) is 1. The minimum Gasteiger partial charge on any atom is -0.480 e. The average Bonchev–Trinajstić information content (AvgIpc) is 2.43. The Morgan fingerprint density at radius 3 is 2.26 bits per heavy atom. The maximum Gasteiger partial charge on any atom is 0.329 e. The molecule has 0 aromatic heterocycles. The monoisotopic (exact) mass is 340 g/mol. The number of hydrogen-bond acceptors (Lipinski definition) is 4. The van der Waals surface area contributed by atoms with Gasteiger partial charge >= 0.3 is 5.97 Å². The Hall–Kier alpha value is -1.93. The van der Waals surface area contributed by atoms with Crippen LogP contribution in [-0.4, -0.2) is 37.5 Å². The van der Waals surface area contributed by atoms with Gasteiger partial charge in [-0.25, -0.2) is 17.9 Å². The minimum absolute atomic E-state index is 0.0105. The Kier molecular flexibility index (Phi) is 5.06. The van der Waals surface area contributed by atoms with Crippen molar-refractivity contribution in [2.75, 3.05) is 6.54 Å². The van der Waals surface area contributed by atoms with Crippen LogP contribution in [0.25, 0.3) is 0 Å². The summed E-state index contributed by atoms with van der Waals surface area (Å²) >= 11 is 0. The van der Waals surface area contributed by atoms with Crippen LogP contribution in [0.1, 0.15) is 31.7 Å². The molecule has 0 aliphatic heterocycles. The fraction of sp³-hybridized carbons (Fsp3) is 0.467. The van der Waals surface area contributed by atoms with Gasteiger partial charge in [-0.05, 0) is 37.0 Å². The van der Waals surface area contributed by atoms with E-state index in [0.717, 1.165) is 6.42 Å². The predicted molar refractivity (Wildman–Crippen MR) is 83.4 cm³/mol. The summed E-state index contributed by atoms with van der Waals surface area (Å²) in [6, 6.07) is 5.96. The molecule has 3 N–H and O–H groups in total. The zero-order valence-corrected chi connectivity index (χ0v) is 13.6. The summed E-state index contributed by atoms with van der Waals surface area (Å²) in [5.74, 6) is -1.39. The third-order valence-electron chi connectivity index (χ3n) is 3.93. The Labute approximate surface area is 135 Å². The summed E-state index contributed by atoms with van der Waals surface area (Å²) in [6.07, 6.45) is 1.67. The number of amides is 1. The van der Waals surface area contributed by atoms with Gasteiger partial charge in [0, 0.05) is 6.54 Å². The summed E-state index contributed by atoms with van der Waals surface area (Å²) in [4.78, 5) is 23.4. The number of carboxylic acids is 1. The third-order valence-corrected chi connectivity index (χ3v) is 5.49. The first kappa shape index (κ1) is 17.4. The molecule has 1 fully saturated rings. The van der Waals surface area contributed by atoms with Crippen molar-refractivity contribution in [1.82, 2.24) is 10.0 Å². The van der Waals surface area contributed by atoms with Crippen molar-refractivity contribution in [3.63, 3.8) is 0 Å². The lowest BCUT2D eigenvalue weighted by molar-refractivity contribution is -0.151. The van der Waals surface area contributed by atoms with Crippen LogP contribution in [0.5, 0.6) is 0 Å². The maximum atomic E-state index is 12.0. The molecule has 1 saturated carbocycles. The normalized spacial score (nSPS) is 16.4. The van der Waals surface area contributed by atoms with Gasteiger partial charge in [0.25, 0.3) is 0 Å². The van der Waals surface area contributed by atoms with E-state index in [1.165, 1.54) is 12.1 Å². The van der Waals surface area contributed by atoms with Gasteiger partial charge in [0.2, 0.25) is 15.9 Å². The van der Waals surface area contributed by atoms with E-state index in [1.54, 1.807) is 19.1 Å². The molecule has 8 heteroatoms. The molecule has 0 bridgehead atoms. The molecular formula is C15H20N2O5S. The highest BCUT2D eigenvalue weighted by Crippen LogP contribution is 2.32. The number of sulfonamides is 1. The second-order valence-corrected chi connectivity index (χ2v) is 7.38. The maximum absolute atomic E-state index is 12.0. The fourth-order valence-electron chi connectivity index (χ4n) is 2.48. The molecule has 0 saturated heterocycles. The van der Waals surface area contributed by atoms with Crippen LogP contribution in [0.3, 0.4) is 0 Å². The van der Waals surface area contributed by atoms with Gasteiger partial charge in [-0.15, -0.1) is 0 Å². The molecular weight excluding hydrogens is 320 g/mol. The van der Waals surface area contributed by atoms with E-state index >= 15 is 0 Å². The van der Waals surface area contributed by atoms with Gasteiger partial charge in [0.05, 0.1) is 11.3 Å². The number of rotatable bonds is 7. The van der Waals surface area contributed by atoms with Gasteiger partial charge in [-0.2, -0.15) is 0 Å². The highest BCUT2D eigenvalue weighted by atomic mass is 32.2. The molecule has 0 atom stereocenters. The molecule has 1 amide bonds. The molecule has 1 aliphatic carbocycles. The van der Waals surface area contributed by atoms with Crippen molar-refractivity contribution in [1.29, 1.82) is 0 Å². The zero-order valence-electron chi connectivity index (χ0n) is 12.8. The molecule has 0 radical (unpaired) electrons. The van der Waals surface area contributed by atoms with Crippen LogP contribution >= 0.6 is 0 Å². The standard InChI is InChI=1S/C15H20N2O5S/c1-2-16-23(21,22)12-6-4-11(5-7-12)10-13(18)17-15(14(19)20)8-3-9-15/h4-7,16H,2-3,8-10H2,1H3,(H,17,18)(H,19,20). The van der Waals surface area contributed by atoms with Crippen LogP contribution < -0.4 is 10.0 Å². The van der Waals surface area contributed by atoms with Crippen molar-refractivity contribution in [3.05, 3.63) is 29.8 Å². The van der Waals surface area contributed by atoms with Crippen molar-refractivity contribution in [2.45, 2.75) is 43.0 Å². The lowest BCUT2D eigenvalue weighted by atomic mass is 9.76. The number of carbonyl (C=O) groups excluding carboxylic acids is 1. The topological polar surface area (TPSA) is 113 Å². The van der Waals surface area contributed by atoms with E-state index in [2.05, 4.69) is 10.0 Å². The van der Waals surface area contributed by atoms with Crippen LogP contribution in [0.2, 0.25) is 0 Å². The van der Waals surface area contributed by atoms with Crippen LogP contribution in [-0.2, 0) is 26.0 Å². The van der Waals surface area contributed by atoms with Crippen LogP contribution in [0, 0.1) is 0 Å². The van der Waals surface area contributed by atoms with Crippen LogP contribution in [0.4, 0.5) is 0 Å². The van der Waals surface area contributed by atoms with Crippen molar-refractivity contribution in [2.24, 2.45) is 0 Å². The number of aliphatic carboxylic acids is 1. The molecule has 23 heavy (non-hydrogen) atoms. The molecule has 7 nitrogen and oxygen atoms in total. The Bertz CT molecular complexity index is 693. The molecule has 0 heterocycles. The summed E-state index contributed by atoms with van der Waals surface area (Å²) in [6.45, 7) is 1.98. The molecule has 2 rings (SSSR count). The third kappa shape index (κ3) is 3.89. The van der Waals surface area contributed by atoms with Gasteiger partial charge in [0.1, 0.15) is 5.54 Å². The largest absolute Gasteiger partial charge is 0.480 e. The second kappa shape index (κ2) is 6.67. The van der Waals surface area contributed by atoms with Crippen molar-refractivity contribution >= 4 is 21.9 Å². The molecule has 1 aromatic carbocycles. The van der Waals surface area contributed by atoms with E-state index < -0.39 is 21.5 Å². The Morgan fingerprint density at radius 1 is 1.22 bits per heavy atom. The highest BCUT2D eigenvalue weighted by molar-refractivity contribution is 7.89. The van der Waals surface area contributed by atoms with E-state index in [-0.39, 0.29) is 17.2 Å². The summed E-state index contributed by atoms with van der Waals surface area (Å²) in [7, 11) is -3.52. The predicted octanol–water partition coefficient (Wildman–Crippen LogP) is 0.651. The molecule has 1 aromatic rings. The lowest BCUT2D eigenvalue weighted by Gasteiger charge is -2.38. The van der Waals surface area contributed by atoms with Crippen molar-refractivity contribution in [3.8, 4) is 0 Å². The molecule has 0 spiro atoms. The smallest absolute Gasteiger partial charge is 0.329 e. The summed E-state index contributed by atoms with van der Waals surface area (Å²) in [5.41, 5.74) is -0.511. The quantitative estimate of drug-likeness (QED) is 0.675. The first-order valence-electron chi connectivity index (χ1n) is 7.42.